The van der Waals surface area contributed by atoms with Crippen molar-refractivity contribution in [1.29, 1.82) is 0 Å². The molecular formula is C13H25N3O2. The number of piperidine rings is 1. The van der Waals surface area contributed by atoms with Gasteiger partial charge in [0, 0.05) is 25.6 Å². The predicted octanol–water partition coefficient (Wildman–Crippen LogP) is 0.631. The van der Waals surface area contributed by atoms with Crippen molar-refractivity contribution in [3.8, 4) is 0 Å². The lowest BCUT2D eigenvalue weighted by Gasteiger charge is -2.35. The maximum atomic E-state index is 12.2. The lowest BCUT2D eigenvalue weighted by Crippen LogP contribution is -2.51. The molecule has 0 aromatic heterocycles. The van der Waals surface area contributed by atoms with Gasteiger partial charge in [0.1, 0.15) is 6.04 Å². The molecule has 1 saturated heterocycles. The minimum absolute atomic E-state index is 0.0434. The van der Waals surface area contributed by atoms with Gasteiger partial charge >= 0.3 is 0 Å². The Hall–Kier alpha value is -1.10. The minimum Gasteiger partial charge on any atom is -0.357 e. The zero-order valence-corrected chi connectivity index (χ0v) is 11.7. The third-order valence-electron chi connectivity index (χ3n) is 3.36. The molecule has 1 rings (SSSR count). The lowest BCUT2D eigenvalue weighted by atomic mass is 9.97. The SMILES string of the molecule is CNC(=O)C1CCCCN1C(=O)CCC(C)(C)N. The van der Waals surface area contributed by atoms with Gasteiger partial charge in [-0.3, -0.25) is 9.59 Å². The van der Waals surface area contributed by atoms with Gasteiger partial charge in [0.25, 0.3) is 0 Å². The van der Waals surface area contributed by atoms with Crippen LogP contribution in [0.15, 0.2) is 0 Å². The highest BCUT2D eigenvalue weighted by atomic mass is 16.2. The first kappa shape index (κ1) is 15.0. The van der Waals surface area contributed by atoms with Crippen LogP contribution in [0.1, 0.15) is 46.0 Å². The fraction of sp³-hybridized carbons (Fsp3) is 0.846. The van der Waals surface area contributed by atoms with Gasteiger partial charge in [-0.2, -0.15) is 0 Å². The standard InChI is InChI=1S/C13H25N3O2/c1-13(2,14)8-7-11(17)16-9-5-4-6-10(16)12(18)15-3/h10H,4-9,14H2,1-3H3,(H,15,18). The summed E-state index contributed by atoms with van der Waals surface area (Å²) in [6, 6.07) is -0.294. The molecule has 1 fully saturated rings. The molecule has 2 amide bonds. The number of nitrogens with two attached hydrogens (primary N) is 1. The molecule has 5 heteroatoms. The third-order valence-corrected chi connectivity index (χ3v) is 3.36. The first-order chi connectivity index (χ1) is 8.35. The second-order valence-corrected chi connectivity index (χ2v) is 5.70. The second-order valence-electron chi connectivity index (χ2n) is 5.70. The molecule has 104 valence electrons. The summed E-state index contributed by atoms with van der Waals surface area (Å²) in [7, 11) is 1.61. The Morgan fingerprint density at radius 2 is 2.06 bits per heavy atom. The van der Waals surface area contributed by atoms with Crippen LogP contribution < -0.4 is 11.1 Å². The van der Waals surface area contributed by atoms with Gasteiger partial charge in [-0.15, -0.1) is 0 Å². The predicted molar refractivity (Wildman–Crippen MR) is 70.9 cm³/mol. The van der Waals surface area contributed by atoms with E-state index in [0.717, 1.165) is 19.3 Å². The first-order valence-corrected chi connectivity index (χ1v) is 6.65. The van der Waals surface area contributed by atoms with Crippen LogP contribution in [0.4, 0.5) is 0 Å². The number of nitrogens with zero attached hydrogens (tertiary/aromatic N) is 1. The Balaban J connectivity index is 2.60. The molecule has 1 unspecified atom stereocenters. The molecule has 1 atom stereocenters. The largest absolute Gasteiger partial charge is 0.357 e. The quantitative estimate of drug-likeness (QED) is 0.773. The van der Waals surface area contributed by atoms with Crippen LogP contribution in [0.2, 0.25) is 0 Å². The van der Waals surface area contributed by atoms with Crippen LogP contribution in [0.25, 0.3) is 0 Å². The van der Waals surface area contributed by atoms with Crippen molar-refractivity contribution >= 4 is 11.8 Å². The zero-order chi connectivity index (χ0) is 13.8. The fourth-order valence-corrected chi connectivity index (χ4v) is 2.24. The molecule has 1 heterocycles. The van der Waals surface area contributed by atoms with Crippen molar-refractivity contribution in [3.05, 3.63) is 0 Å². The molecule has 0 saturated carbocycles. The highest BCUT2D eigenvalue weighted by Crippen LogP contribution is 2.19. The Morgan fingerprint density at radius 3 is 2.61 bits per heavy atom. The summed E-state index contributed by atoms with van der Waals surface area (Å²) in [6.07, 6.45) is 3.80. The summed E-state index contributed by atoms with van der Waals surface area (Å²) < 4.78 is 0. The Morgan fingerprint density at radius 1 is 1.39 bits per heavy atom. The molecule has 0 spiro atoms. The topological polar surface area (TPSA) is 75.4 Å². The highest BCUT2D eigenvalue weighted by Gasteiger charge is 2.31. The van der Waals surface area contributed by atoms with Crippen molar-refractivity contribution in [1.82, 2.24) is 10.2 Å². The van der Waals surface area contributed by atoms with E-state index >= 15 is 0 Å². The van der Waals surface area contributed by atoms with E-state index < -0.39 is 0 Å². The van der Waals surface area contributed by atoms with Crippen molar-refractivity contribution in [2.75, 3.05) is 13.6 Å². The van der Waals surface area contributed by atoms with E-state index in [2.05, 4.69) is 5.32 Å². The van der Waals surface area contributed by atoms with Gasteiger partial charge in [0.05, 0.1) is 0 Å². The normalized spacial score (nSPS) is 20.7. The number of amides is 2. The van der Waals surface area contributed by atoms with Crippen LogP contribution in [0.5, 0.6) is 0 Å². The van der Waals surface area contributed by atoms with E-state index in [1.165, 1.54) is 0 Å². The van der Waals surface area contributed by atoms with Gasteiger partial charge < -0.3 is 16.0 Å². The number of carbonyl (C=O) groups is 2. The van der Waals surface area contributed by atoms with E-state index in [-0.39, 0.29) is 23.4 Å². The fourth-order valence-electron chi connectivity index (χ4n) is 2.24. The van der Waals surface area contributed by atoms with Crippen molar-refractivity contribution < 1.29 is 9.59 Å². The average Bonchev–Trinajstić information content (AvgIpc) is 2.34. The molecule has 0 radical (unpaired) electrons. The number of carbonyl (C=O) groups excluding carboxylic acids is 2. The van der Waals surface area contributed by atoms with Crippen LogP contribution in [0.3, 0.4) is 0 Å². The summed E-state index contributed by atoms with van der Waals surface area (Å²) in [6.45, 7) is 4.50. The Kier molecular flexibility index (Phi) is 5.14. The molecule has 18 heavy (non-hydrogen) atoms. The summed E-state index contributed by atoms with van der Waals surface area (Å²) in [5.41, 5.74) is 5.54. The molecule has 3 N–H and O–H groups in total. The maximum absolute atomic E-state index is 12.2. The molecule has 0 aliphatic carbocycles. The Bertz CT molecular complexity index is 310. The second kappa shape index (κ2) is 6.18. The maximum Gasteiger partial charge on any atom is 0.242 e. The van der Waals surface area contributed by atoms with Crippen molar-refractivity contribution in [2.45, 2.75) is 57.5 Å². The van der Waals surface area contributed by atoms with Gasteiger partial charge in [0.15, 0.2) is 0 Å². The summed E-state index contributed by atoms with van der Waals surface area (Å²) in [4.78, 5) is 25.6. The molecule has 5 nitrogen and oxygen atoms in total. The van der Waals surface area contributed by atoms with Gasteiger partial charge in [0.2, 0.25) is 11.8 Å². The third kappa shape index (κ3) is 4.29. The van der Waals surface area contributed by atoms with E-state index in [9.17, 15) is 9.59 Å². The number of likely N-dealkylation sites (tertiary alicyclic amines) is 1. The molecular weight excluding hydrogens is 230 g/mol. The summed E-state index contributed by atoms with van der Waals surface area (Å²) >= 11 is 0. The molecule has 0 aromatic carbocycles. The number of hydrogen-bond acceptors (Lipinski definition) is 3. The van der Waals surface area contributed by atoms with Crippen LogP contribution in [-0.2, 0) is 9.59 Å². The number of nitrogens with one attached hydrogen (secondary N) is 1. The number of rotatable bonds is 4. The van der Waals surface area contributed by atoms with Crippen LogP contribution in [0, 0.1) is 0 Å². The smallest absolute Gasteiger partial charge is 0.242 e. The van der Waals surface area contributed by atoms with E-state index in [0.29, 0.717) is 19.4 Å². The molecule has 1 aliphatic heterocycles. The molecule has 0 bridgehead atoms. The monoisotopic (exact) mass is 255 g/mol. The number of hydrogen-bond donors (Lipinski definition) is 2. The van der Waals surface area contributed by atoms with Gasteiger partial charge in [-0.05, 0) is 39.5 Å². The van der Waals surface area contributed by atoms with E-state index in [1.54, 1.807) is 11.9 Å². The van der Waals surface area contributed by atoms with Crippen LogP contribution in [-0.4, -0.2) is 41.9 Å². The van der Waals surface area contributed by atoms with Crippen molar-refractivity contribution in [3.63, 3.8) is 0 Å². The zero-order valence-electron chi connectivity index (χ0n) is 11.7. The average molecular weight is 255 g/mol. The lowest BCUT2D eigenvalue weighted by molar-refractivity contribution is -0.142. The van der Waals surface area contributed by atoms with E-state index in [1.807, 2.05) is 13.8 Å². The minimum atomic E-state index is -0.339. The van der Waals surface area contributed by atoms with Gasteiger partial charge in [-0.25, -0.2) is 0 Å². The number of likely N-dealkylation sites (N-methyl/N-ethyl adjacent to an activating group) is 1. The van der Waals surface area contributed by atoms with E-state index in [4.69, 9.17) is 5.73 Å². The highest BCUT2D eigenvalue weighted by molar-refractivity contribution is 5.87. The summed E-state index contributed by atoms with van der Waals surface area (Å²) in [5.74, 6) is -0.0168. The molecule has 1 aliphatic rings. The van der Waals surface area contributed by atoms with Gasteiger partial charge in [-0.1, -0.05) is 0 Å². The molecule has 0 aromatic rings. The first-order valence-electron chi connectivity index (χ1n) is 6.65. The summed E-state index contributed by atoms with van der Waals surface area (Å²) in [5, 5.41) is 2.63. The van der Waals surface area contributed by atoms with Crippen LogP contribution >= 0.6 is 0 Å². The van der Waals surface area contributed by atoms with Crippen molar-refractivity contribution in [2.24, 2.45) is 5.73 Å². The Labute approximate surface area is 109 Å².